The third-order valence-electron chi connectivity index (χ3n) is 12.8. The largest absolute Gasteiger partial charge is 0.449 e. The van der Waals surface area contributed by atoms with Gasteiger partial charge in [0.15, 0.2) is 23.0 Å². The van der Waals surface area contributed by atoms with Crippen molar-refractivity contribution in [3.8, 4) is 34.1 Å². The number of aliphatic imine (C=N–C) groups is 1. The van der Waals surface area contributed by atoms with Gasteiger partial charge in [0.2, 0.25) is 0 Å². The molecule has 3 aliphatic rings. The Morgan fingerprint density at radius 1 is 0.742 bits per heavy atom. The molecule has 0 atom stereocenters. The molecule has 4 heteroatoms. The van der Waals surface area contributed by atoms with Gasteiger partial charge < -0.3 is 15.2 Å². The summed E-state index contributed by atoms with van der Waals surface area (Å²) in [5.41, 5.74) is 19.4. The molecule has 0 amide bonds. The maximum atomic E-state index is 6.81. The van der Waals surface area contributed by atoms with Crippen molar-refractivity contribution in [2.24, 2.45) is 16.1 Å². The van der Waals surface area contributed by atoms with Gasteiger partial charge in [0.25, 0.3) is 0 Å². The Morgan fingerprint density at radius 3 is 2.19 bits per heavy atom. The smallest absolute Gasteiger partial charge is 0.177 e. The summed E-state index contributed by atoms with van der Waals surface area (Å²) in [5, 5.41) is 4.86. The van der Waals surface area contributed by atoms with E-state index in [1.807, 2.05) is 30.3 Å². The van der Waals surface area contributed by atoms with Crippen LogP contribution >= 0.6 is 0 Å². The van der Waals surface area contributed by atoms with Gasteiger partial charge >= 0.3 is 0 Å². The Hall–Kier alpha value is -6.91. The molecule has 0 saturated carbocycles. The summed E-state index contributed by atoms with van der Waals surface area (Å²) in [6.07, 6.45) is 9.55. The van der Waals surface area contributed by atoms with E-state index in [4.69, 9.17) is 20.2 Å². The van der Waals surface area contributed by atoms with E-state index in [9.17, 15) is 0 Å². The zero-order valence-electron chi connectivity index (χ0n) is 36.7. The zero-order chi connectivity index (χ0) is 43.2. The van der Waals surface area contributed by atoms with Crippen LogP contribution in [0, 0.1) is 5.41 Å². The molecule has 0 unspecified atom stereocenters. The van der Waals surface area contributed by atoms with E-state index in [0.717, 1.165) is 70.2 Å². The number of hydrogen-bond acceptors (Lipinski definition) is 3. The number of allylic oxidation sites excluding steroid dienone is 6. The minimum atomic E-state index is -0.0712. The fourth-order valence-corrected chi connectivity index (χ4v) is 8.61. The van der Waals surface area contributed by atoms with E-state index >= 15 is 0 Å². The number of ether oxygens (including phenoxy) is 2. The van der Waals surface area contributed by atoms with Gasteiger partial charge in [-0.2, -0.15) is 0 Å². The molecule has 1 aliphatic heterocycles. The molecule has 7 aromatic rings. The average molecular weight is 811 g/mol. The molecule has 0 saturated heterocycles. The molecule has 0 bridgehead atoms. The Kier molecular flexibility index (Phi) is 10.6. The SMILES string of the molecule is C=C(C)C(C)(C)C.CC1(C)C2=C(CCC=C2)c2c1ccc1c2Oc2cccc(-c3ccc(C(N)=N/C(=C\Cc4ccccc4)c4ccc5c(ccc6ccccc65)c4)cc3)c2O1. The van der Waals surface area contributed by atoms with E-state index in [1.165, 1.54) is 55.0 Å². The summed E-state index contributed by atoms with van der Waals surface area (Å²) in [7, 11) is 0. The molecule has 4 nitrogen and oxygen atoms in total. The lowest BCUT2D eigenvalue weighted by atomic mass is 9.80. The van der Waals surface area contributed by atoms with E-state index in [0.29, 0.717) is 11.3 Å². The number of rotatable bonds is 6. The summed E-state index contributed by atoms with van der Waals surface area (Å²) < 4.78 is 13.5. The second kappa shape index (κ2) is 16.2. The summed E-state index contributed by atoms with van der Waals surface area (Å²) in [6.45, 7) is 17.0. The highest BCUT2D eigenvalue weighted by atomic mass is 16.6. The molecule has 10 rings (SSSR count). The number of para-hydroxylation sites is 1. The molecular weight excluding hydrogens is 757 g/mol. The molecule has 308 valence electrons. The zero-order valence-corrected chi connectivity index (χ0v) is 36.7. The molecule has 1 heterocycles. The highest BCUT2D eigenvalue weighted by Crippen LogP contribution is 2.59. The Labute approximate surface area is 366 Å². The minimum Gasteiger partial charge on any atom is -0.449 e. The number of benzene rings is 7. The van der Waals surface area contributed by atoms with Crippen molar-refractivity contribution in [3.63, 3.8) is 0 Å². The topological polar surface area (TPSA) is 56.8 Å². The maximum Gasteiger partial charge on any atom is 0.177 e. The van der Waals surface area contributed by atoms with Crippen molar-refractivity contribution in [1.82, 2.24) is 0 Å². The third kappa shape index (κ3) is 7.66. The standard InChI is InChI=1S/C51H40N2O2.C7H14/c1-51(2)42-17-9-8-15-41(42)47-43(51)28-30-46-49(47)55-45-18-10-16-40(48(45)54-46)34-20-23-35(24-21-34)50(52)53-44(29-19-32-11-4-3-5-12-32)37-26-27-39-36(31-37)25-22-33-13-6-7-14-38(33)39;1-6(2)7(3,4)5/h3-7,9-14,16-18,20-31H,8,15,19H2,1-2H3,(H2,52,53);1H2,2-5H3/b44-29-;. The highest BCUT2D eigenvalue weighted by molar-refractivity contribution is 6.08. The molecule has 2 aliphatic carbocycles. The van der Waals surface area contributed by atoms with Crippen LogP contribution < -0.4 is 15.2 Å². The lowest BCUT2D eigenvalue weighted by Gasteiger charge is -2.27. The van der Waals surface area contributed by atoms with Gasteiger partial charge in [-0.1, -0.05) is 186 Å². The first kappa shape index (κ1) is 40.5. The van der Waals surface area contributed by atoms with Crippen LogP contribution in [-0.2, 0) is 11.8 Å². The molecular formula is C58H54N2O2. The van der Waals surface area contributed by atoms with E-state index in [1.54, 1.807) is 0 Å². The molecule has 0 radical (unpaired) electrons. The summed E-state index contributed by atoms with van der Waals surface area (Å²) >= 11 is 0. The van der Waals surface area contributed by atoms with Gasteiger partial charge in [0.05, 0.1) is 5.70 Å². The van der Waals surface area contributed by atoms with Gasteiger partial charge in [-0.25, -0.2) is 4.99 Å². The van der Waals surface area contributed by atoms with Crippen LogP contribution in [0.15, 0.2) is 180 Å². The first-order chi connectivity index (χ1) is 29.9. The van der Waals surface area contributed by atoms with Crippen molar-refractivity contribution in [2.45, 2.75) is 66.2 Å². The van der Waals surface area contributed by atoms with Crippen molar-refractivity contribution in [2.75, 3.05) is 0 Å². The lowest BCUT2D eigenvalue weighted by molar-refractivity contribution is 0.359. The first-order valence-corrected chi connectivity index (χ1v) is 21.7. The quantitative estimate of drug-likeness (QED) is 0.0788. The second-order valence-electron chi connectivity index (χ2n) is 18.2. The van der Waals surface area contributed by atoms with E-state index in [2.05, 4.69) is 176 Å². The maximum absolute atomic E-state index is 6.81. The molecule has 0 spiro atoms. The molecule has 7 aromatic carbocycles. The first-order valence-electron chi connectivity index (χ1n) is 21.7. The van der Waals surface area contributed by atoms with Gasteiger partial charge in [-0.3, -0.25) is 0 Å². The predicted molar refractivity (Wildman–Crippen MR) is 261 cm³/mol. The normalized spacial score (nSPS) is 15.1. The van der Waals surface area contributed by atoms with Crippen molar-refractivity contribution in [1.29, 1.82) is 0 Å². The van der Waals surface area contributed by atoms with E-state index < -0.39 is 0 Å². The van der Waals surface area contributed by atoms with E-state index in [-0.39, 0.29) is 5.41 Å². The van der Waals surface area contributed by atoms with Crippen LogP contribution in [0.4, 0.5) is 0 Å². The molecule has 2 N–H and O–H groups in total. The van der Waals surface area contributed by atoms with Crippen LogP contribution in [0.25, 0.3) is 43.9 Å². The number of fused-ring (bicyclic) bond motifs is 8. The monoisotopic (exact) mass is 810 g/mol. The van der Waals surface area contributed by atoms with Crippen molar-refractivity contribution in [3.05, 3.63) is 203 Å². The fourth-order valence-electron chi connectivity index (χ4n) is 8.61. The Bertz CT molecular complexity index is 3010. The molecule has 0 aromatic heterocycles. The van der Waals surface area contributed by atoms with Crippen LogP contribution in [0.1, 0.15) is 82.2 Å². The number of amidine groups is 1. The van der Waals surface area contributed by atoms with Crippen LogP contribution in [0.2, 0.25) is 0 Å². The Balaban J connectivity index is 0.000000648. The Morgan fingerprint density at radius 2 is 1.42 bits per heavy atom. The van der Waals surface area contributed by atoms with Gasteiger partial charge in [-0.05, 0) is 99.2 Å². The lowest BCUT2D eigenvalue weighted by Crippen LogP contribution is -2.16. The summed E-state index contributed by atoms with van der Waals surface area (Å²) in [4.78, 5) is 5.07. The summed E-state index contributed by atoms with van der Waals surface area (Å²) in [5.74, 6) is 3.47. The van der Waals surface area contributed by atoms with Gasteiger partial charge in [0.1, 0.15) is 5.84 Å². The molecule has 62 heavy (non-hydrogen) atoms. The number of nitrogens with two attached hydrogens (primary N) is 1. The highest BCUT2D eigenvalue weighted by Gasteiger charge is 2.41. The minimum absolute atomic E-state index is 0.0712. The van der Waals surface area contributed by atoms with Crippen LogP contribution in [-0.4, -0.2) is 5.84 Å². The second-order valence-corrected chi connectivity index (χ2v) is 18.2. The fraction of sp³-hybridized carbons (Fsp3) is 0.190. The predicted octanol–water partition coefficient (Wildman–Crippen LogP) is 15.6. The average Bonchev–Trinajstić information content (AvgIpc) is 3.52. The van der Waals surface area contributed by atoms with Gasteiger partial charge in [-0.15, -0.1) is 0 Å². The van der Waals surface area contributed by atoms with Crippen molar-refractivity contribution >= 4 is 38.7 Å². The summed E-state index contributed by atoms with van der Waals surface area (Å²) in [6, 6.07) is 48.5. The van der Waals surface area contributed by atoms with Gasteiger partial charge in [0, 0.05) is 27.7 Å². The third-order valence-corrected chi connectivity index (χ3v) is 12.8. The number of nitrogens with zero attached hydrogens (tertiary/aromatic N) is 1. The van der Waals surface area contributed by atoms with Crippen LogP contribution in [0.5, 0.6) is 23.0 Å². The van der Waals surface area contributed by atoms with Crippen molar-refractivity contribution < 1.29 is 9.47 Å². The number of hydrogen-bond donors (Lipinski definition) is 1. The van der Waals surface area contributed by atoms with Crippen LogP contribution in [0.3, 0.4) is 0 Å². The molecule has 0 fully saturated rings.